The smallest absolute Gasteiger partial charge is 0.227 e. The third-order valence-electron chi connectivity index (χ3n) is 3.83. The number of aryl methyl sites for hydroxylation is 1. The van der Waals surface area contributed by atoms with E-state index in [0.717, 1.165) is 17.1 Å². The fourth-order valence-electron chi connectivity index (χ4n) is 2.48. The molecular formula is C18H21N5O2. The van der Waals surface area contributed by atoms with E-state index in [2.05, 4.69) is 20.3 Å². The van der Waals surface area contributed by atoms with Crippen LogP contribution in [0.15, 0.2) is 43.0 Å². The summed E-state index contributed by atoms with van der Waals surface area (Å²) in [5, 5.41) is 13.1. The minimum atomic E-state index is -0.593. The van der Waals surface area contributed by atoms with E-state index in [0.29, 0.717) is 23.8 Å². The molecule has 3 aromatic rings. The van der Waals surface area contributed by atoms with Crippen molar-refractivity contribution in [2.24, 2.45) is 0 Å². The number of nitrogens with one attached hydrogen (secondary N) is 1. The zero-order chi connectivity index (χ0) is 17.8. The molecule has 25 heavy (non-hydrogen) atoms. The maximum absolute atomic E-state index is 9.92. The van der Waals surface area contributed by atoms with Gasteiger partial charge in [-0.2, -0.15) is 0 Å². The lowest BCUT2D eigenvalue weighted by Crippen LogP contribution is -2.04. The maximum Gasteiger partial charge on any atom is 0.227 e. The van der Waals surface area contributed by atoms with Crippen molar-refractivity contribution in [2.75, 3.05) is 12.4 Å². The van der Waals surface area contributed by atoms with Crippen LogP contribution >= 0.6 is 0 Å². The summed E-state index contributed by atoms with van der Waals surface area (Å²) >= 11 is 0. The summed E-state index contributed by atoms with van der Waals surface area (Å²) in [6, 6.07) is 7.44. The molecule has 2 heterocycles. The maximum atomic E-state index is 9.92. The van der Waals surface area contributed by atoms with Gasteiger partial charge in [0.15, 0.2) is 0 Å². The number of aliphatic hydroxyl groups excluding tert-OH is 1. The van der Waals surface area contributed by atoms with E-state index in [4.69, 9.17) is 4.74 Å². The average Bonchev–Trinajstić information content (AvgIpc) is 3.07. The monoisotopic (exact) mass is 339 g/mol. The number of methoxy groups -OCH3 is 1. The van der Waals surface area contributed by atoms with Crippen molar-refractivity contribution < 1.29 is 9.84 Å². The molecule has 2 N–H and O–H groups in total. The molecule has 1 unspecified atom stereocenters. The molecule has 0 spiro atoms. The molecule has 7 heteroatoms. The molecule has 130 valence electrons. The summed E-state index contributed by atoms with van der Waals surface area (Å²) in [5.74, 6) is 1.13. The van der Waals surface area contributed by atoms with Gasteiger partial charge in [0.05, 0.1) is 36.6 Å². The fraction of sp³-hybridized carbons (Fsp3) is 0.278. The van der Waals surface area contributed by atoms with Crippen LogP contribution in [-0.2, 0) is 0 Å². The predicted molar refractivity (Wildman–Crippen MR) is 95.4 cm³/mol. The molecule has 3 rings (SSSR count). The summed E-state index contributed by atoms with van der Waals surface area (Å²) in [6.07, 6.45) is 5.32. The second-order valence-corrected chi connectivity index (χ2v) is 5.66. The number of nitrogens with zero attached hydrogens (tertiary/aromatic N) is 4. The largest absolute Gasteiger partial charge is 0.494 e. The molecule has 0 amide bonds. The van der Waals surface area contributed by atoms with Crippen molar-refractivity contribution in [2.45, 2.75) is 26.4 Å². The number of anilines is 2. The van der Waals surface area contributed by atoms with E-state index in [9.17, 15) is 5.11 Å². The number of benzene rings is 1. The van der Waals surface area contributed by atoms with Crippen molar-refractivity contribution in [3.63, 3.8) is 0 Å². The molecule has 0 aliphatic carbocycles. The van der Waals surface area contributed by atoms with Gasteiger partial charge in [-0.15, -0.1) is 0 Å². The first-order chi connectivity index (χ1) is 12.1. The quantitative estimate of drug-likeness (QED) is 0.717. The molecule has 0 aliphatic rings. The van der Waals surface area contributed by atoms with Gasteiger partial charge in [-0.25, -0.2) is 15.0 Å². The number of hydrogen-bond donors (Lipinski definition) is 2. The Morgan fingerprint density at radius 1 is 1.28 bits per heavy atom. The zero-order valence-corrected chi connectivity index (χ0v) is 14.5. The summed E-state index contributed by atoms with van der Waals surface area (Å²) in [6.45, 7) is 3.84. The van der Waals surface area contributed by atoms with Gasteiger partial charge >= 0.3 is 0 Å². The molecule has 0 saturated heterocycles. The van der Waals surface area contributed by atoms with Crippen LogP contribution in [0.2, 0.25) is 0 Å². The van der Waals surface area contributed by atoms with Gasteiger partial charge < -0.3 is 19.7 Å². The van der Waals surface area contributed by atoms with E-state index in [-0.39, 0.29) is 0 Å². The minimum absolute atomic E-state index is 0.429. The number of hydrogen-bond acceptors (Lipinski definition) is 6. The number of ether oxygens (including phenoxy) is 1. The Bertz CT molecular complexity index is 862. The molecule has 0 radical (unpaired) electrons. The molecule has 0 fully saturated rings. The molecule has 7 nitrogen and oxygen atoms in total. The highest BCUT2D eigenvalue weighted by molar-refractivity contribution is 5.62. The van der Waals surface area contributed by atoms with Gasteiger partial charge in [-0.05, 0) is 31.5 Å². The van der Waals surface area contributed by atoms with Crippen molar-refractivity contribution in [3.05, 3.63) is 54.4 Å². The summed E-state index contributed by atoms with van der Waals surface area (Å²) in [7, 11) is 1.63. The number of rotatable bonds is 6. The van der Waals surface area contributed by atoms with Crippen LogP contribution in [0.3, 0.4) is 0 Å². The summed E-state index contributed by atoms with van der Waals surface area (Å²) < 4.78 is 7.41. The van der Waals surface area contributed by atoms with Crippen LogP contribution in [0.25, 0.3) is 5.69 Å². The second kappa shape index (κ2) is 7.31. The highest BCUT2D eigenvalue weighted by atomic mass is 16.5. The molecule has 2 aromatic heterocycles. The Labute approximate surface area is 146 Å². The Hall–Kier alpha value is -2.93. The second-order valence-electron chi connectivity index (χ2n) is 5.66. The van der Waals surface area contributed by atoms with Gasteiger partial charge in [0.25, 0.3) is 0 Å². The Morgan fingerprint density at radius 2 is 2.12 bits per heavy atom. The highest BCUT2D eigenvalue weighted by Crippen LogP contribution is 2.28. The Kier molecular flexibility index (Phi) is 4.95. The first kappa shape index (κ1) is 16.9. The Morgan fingerprint density at radius 3 is 2.80 bits per heavy atom. The van der Waals surface area contributed by atoms with Gasteiger partial charge in [0.2, 0.25) is 5.95 Å². The lowest BCUT2D eigenvalue weighted by molar-refractivity contribution is 0.169. The predicted octanol–water partition coefficient (Wildman–Crippen LogP) is 3.17. The van der Waals surface area contributed by atoms with Crippen LogP contribution in [-0.4, -0.2) is 31.7 Å². The first-order valence-electron chi connectivity index (χ1n) is 8.07. The molecular weight excluding hydrogens is 318 g/mol. The molecule has 1 aromatic carbocycles. The molecule has 0 aliphatic heterocycles. The number of imidazole rings is 1. The molecule has 0 saturated carbocycles. The summed E-state index contributed by atoms with van der Waals surface area (Å²) in [5.41, 5.74) is 3.21. The third-order valence-corrected chi connectivity index (χ3v) is 3.83. The standard InChI is InChI=1S/C18H21N5O2/c1-4-16(24)14-7-8-19-18(22-14)21-13-5-6-15(17(9-13)25-3)23-10-12(2)20-11-23/h5-11,16,24H,4H2,1-3H3,(H,19,21,22). The normalized spacial score (nSPS) is 12.0. The average molecular weight is 339 g/mol. The van der Waals surface area contributed by atoms with Gasteiger partial charge in [-0.1, -0.05) is 6.92 Å². The molecule has 0 bridgehead atoms. The molecule has 1 atom stereocenters. The van der Waals surface area contributed by atoms with Crippen molar-refractivity contribution in [1.82, 2.24) is 19.5 Å². The van der Waals surface area contributed by atoms with E-state index in [1.54, 1.807) is 25.7 Å². The third kappa shape index (κ3) is 3.77. The highest BCUT2D eigenvalue weighted by Gasteiger charge is 2.10. The van der Waals surface area contributed by atoms with Crippen LogP contribution < -0.4 is 10.1 Å². The van der Waals surface area contributed by atoms with Crippen molar-refractivity contribution in [3.8, 4) is 11.4 Å². The minimum Gasteiger partial charge on any atom is -0.494 e. The van der Waals surface area contributed by atoms with E-state index in [1.807, 2.05) is 42.8 Å². The van der Waals surface area contributed by atoms with Gasteiger partial charge in [0, 0.05) is 24.1 Å². The van der Waals surface area contributed by atoms with Crippen LogP contribution in [0.5, 0.6) is 5.75 Å². The van der Waals surface area contributed by atoms with E-state index >= 15 is 0 Å². The van der Waals surface area contributed by atoms with Crippen LogP contribution in [0.1, 0.15) is 30.8 Å². The zero-order valence-electron chi connectivity index (χ0n) is 14.5. The van der Waals surface area contributed by atoms with Gasteiger partial charge in [0.1, 0.15) is 5.75 Å². The summed E-state index contributed by atoms with van der Waals surface area (Å²) in [4.78, 5) is 12.8. The first-order valence-corrected chi connectivity index (χ1v) is 8.07. The van der Waals surface area contributed by atoms with Gasteiger partial charge in [-0.3, -0.25) is 0 Å². The SMILES string of the molecule is CCC(O)c1ccnc(Nc2ccc(-n3cnc(C)c3)c(OC)c2)n1. The topological polar surface area (TPSA) is 85.1 Å². The fourth-order valence-corrected chi connectivity index (χ4v) is 2.48. The number of aromatic nitrogens is 4. The van der Waals surface area contributed by atoms with Crippen molar-refractivity contribution in [1.29, 1.82) is 0 Å². The van der Waals surface area contributed by atoms with Crippen LogP contribution in [0, 0.1) is 6.92 Å². The van der Waals surface area contributed by atoms with E-state index in [1.165, 1.54) is 0 Å². The van der Waals surface area contributed by atoms with E-state index < -0.39 is 6.10 Å². The van der Waals surface area contributed by atoms with Crippen molar-refractivity contribution >= 4 is 11.6 Å². The lowest BCUT2D eigenvalue weighted by Gasteiger charge is -2.13. The van der Waals surface area contributed by atoms with Crippen LogP contribution in [0.4, 0.5) is 11.6 Å². The Balaban J connectivity index is 1.86. The lowest BCUT2D eigenvalue weighted by atomic mass is 10.2. The number of aliphatic hydroxyl groups is 1.